The van der Waals surface area contributed by atoms with E-state index in [0.29, 0.717) is 3.97 Å². The molecule has 0 radical (unpaired) electrons. The van der Waals surface area contributed by atoms with Crippen molar-refractivity contribution in [1.29, 1.82) is 0 Å². The third kappa shape index (κ3) is 2.66. The molecule has 0 N–H and O–H groups in total. The Hall–Kier alpha value is -2.09. The van der Waals surface area contributed by atoms with E-state index in [1.165, 1.54) is 0 Å². The fraction of sp³-hybridized carbons (Fsp3) is 0.250. The standard InChI is InChI=1S/C8H8F3N4O5S2/c1-13-4-5-15(22(18,19)14-3-2-12-6-14)7(13)20-21(16,17)8(9,10)11/h2-6H,1H3/q+1. The van der Waals surface area contributed by atoms with Crippen molar-refractivity contribution in [2.24, 2.45) is 7.05 Å². The van der Waals surface area contributed by atoms with Crippen molar-refractivity contribution in [2.45, 2.75) is 5.51 Å². The van der Waals surface area contributed by atoms with E-state index in [0.717, 1.165) is 42.7 Å². The molecule has 0 bridgehead atoms. The van der Waals surface area contributed by atoms with Gasteiger partial charge >= 0.3 is 31.8 Å². The number of aromatic nitrogens is 4. The molecule has 2 aromatic heterocycles. The van der Waals surface area contributed by atoms with Gasteiger partial charge in [-0.25, -0.2) is 4.98 Å². The minimum atomic E-state index is -6.03. The van der Waals surface area contributed by atoms with Crippen LogP contribution >= 0.6 is 0 Å². The Morgan fingerprint density at radius 3 is 2.36 bits per heavy atom. The molecule has 0 saturated heterocycles. The maximum Gasteiger partial charge on any atom is 0.534 e. The van der Waals surface area contributed by atoms with Crippen molar-refractivity contribution < 1.29 is 38.8 Å². The number of nitrogens with zero attached hydrogens (tertiary/aromatic N) is 4. The number of hydrogen-bond donors (Lipinski definition) is 0. The second kappa shape index (κ2) is 4.98. The van der Waals surface area contributed by atoms with Gasteiger partial charge in [-0.2, -0.15) is 38.5 Å². The summed E-state index contributed by atoms with van der Waals surface area (Å²) in [6.07, 6.45) is 4.84. The molecule has 0 amide bonds. The highest BCUT2D eigenvalue weighted by Crippen LogP contribution is 2.26. The summed E-state index contributed by atoms with van der Waals surface area (Å²) in [6, 6.07) is -1.06. The van der Waals surface area contributed by atoms with Gasteiger partial charge in [-0.15, -0.1) is 0 Å². The Morgan fingerprint density at radius 2 is 1.86 bits per heavy atom. The normalized spacial score (nSPS) is 13.3. The van der Waals surface area contributed by atoms with Gasteiger partial charge in [0.05, 0.1) is 7.05 Å². The predicted molar refractivity (Wildman–Crippen MR) is 63.2 cm³/mol. The summed E-state index contributed by atoms with van der Waals surface area (Å²) in [5, 5.41) is 0. The first-order valence-corrected chi connectivity index (χ1v) is 8.09. The molecular weight excluding hydrogens is 353 g/mol. The van der Waals surface area contributed by atoms with Crippen LogP contribution in [0.25, 0.3) is 0 Å². The van der Waals surface area contributed by atoms with Crippen LogP contribution in [0.3, 0.4) is 0 Å². The topological polar surface area (TPSA) is 104 Å². The third-order valence-electron chi connectivity index (χ3n) is 2.38. The van der Waals surface area contributed by atoms with Gasteiger partial charge in [0.2, 0.25) is 0 Å². The lowest BCUT2D eigenvalue weighted by atomic mass is 10.9. The molecule has 0 aliphatic rings. The van der Waals surface area contributed by atoms with Crippen molar-refractivity contribution in [2.75, 3.05) is 0 Å². The molecule has 2 aromatic rings. The van der Waals surface area contributed by atoms with Crippen LogP contribution in [0.1, 0.15) is 0 Å². The number of hydrogen-bond acceptors (Lipinski definition) is 6. The number of alkyl halides is 3. The first kappa shape index (κ1) is 16.3. The highest BCUT2D eigenvalue weighted by atomic mass is 32.2. The number of aryl methyl sites for hydroxylation is 1. The number of halogens is 3. The molecule has 0 fully saturated rings. The first-order valence-electron chi connectivity index (χ1n) is 5.28. The molecule has 0 unspecified atom stereocenters. The van der Waals surface area contributed by atoms with Gasteiger partial charge in [-0.3, -0.25) is 0 Å². The van der Waals surface area contributed by atoms with Crippen LogP contribution in [0, 0.1) is 0 Å². The van der Waals surface area contributed by atoms with Crippen LogP contribution in [0.15, 0.2) is 31.1 Å². The van der Waals surface area contributed by atoms with Crippen molar-refractivity contribution in [3.63, 3.8) is 0 Å². The lowest BCUT2D eigenvalue weighted by molar-refractivity contribution is -0.673. The molecule has 0 spiro atoms. The quantitative estimate of drug-likeness (QED) is 0.408. The van der Waals surface area contributed by atoms with Crippen molar-refractivity contribution in [3.8, 4) is 6.01 Å². The largest absolute Gasteiger partial charge is 0.534 e. The van der Waals surface area contributed by atoms with Gasteiger partial charge in [-0.1, -0.05) is 3.97 Å². The first-order chi connectivity index (χ1) is 9.97. The fourth-order valence-corrected chi connectivity index (χ4v) is 3.04. The molecule has 0 aliphatic carbocycles. The van der Waals surface area contributed by atoms with E-state index in [1.807, 2.05) is 0 Å². The van der Waals surface area contributed by atoms with Crippen molar-refractivity contribution >= 4 is 20.3 Å². The van der Waals surface area contributed by atoms with Crippen molar-refractivity contribution in [3.05, 3.63) is 31.1 Å². The lowest BCUT2D eigenvalue weighted by Crippen LogP contribution is -2.37. The average Bonchev–Trinajstić information content (AvgIpc) is 2.99. The Bertz CT molecular complexity index is 883. The molecule has 14 heteroatoms. The van der Waals surface area contributed by atoms with Gasteiger partial charge in [0.1, 0.15) is 12.5 Å². The molecule has 0 aromatic carbocycles. The Morgan fingerprint density at radius 1 is 1.23 bits per heavy atom. The van der Waals surface area contributed by atoms with E-state index >= 15 is 0 Å². The van der Waals surface area contributed by atoms with Crippen LogP contribution < -0.4 is 8.75 Å². The minimum Gasteiger partial charge on any atom is -0.301 e. The molecule has 0 aliphatic heterocycles. The van der Waals surface area contributed by atoms with Crippen molar-refractivity contribution in [1.82, 2.24) is 12.9 Å². The summed E-state index contributed by atoms with van der Waals surface area (Å²) in [5.74, 6) is 0. The van der Waals surface area contributed by atoms with Gasteiger partial charge in [0, 0.05) is 12.4 Å². The van der Waals surface area contributed by atoms with Crippen LogP contribution in [0.2, 0.25) is 0 Å². The molecule has 9 nitrogen and oxygen atoms in total. The van der Waals surface area contributed by atoms with E-state index in [4.69, 9.17) is 0 Å². The summed E-state index contributed by atoms with van der Waals surface area (Å²) < 4.78 is 89.0. The third-order valence-corrected chi connectivity index (χ3v) is 4.84. The smallest absolute Gasteiger partial charge is 0.301 e. The molecule has 2 rings (SSSR count). The lowest BCUT2D eigenvalue weighted by Gasteiger charge is -2.08. The monoisotopic (exact) mass is 361 g/mol. The summed E-state index contributed by atoms with van der Waals surface area (Å²) in [6.45, 7) is 0. The van der Waals surface area contributed by atoms with Crippen LogP contribution in [-0.2, 0) is 27.4 Å². The maximum atomic E-state index is 12.4. The van der Waals surface area contributed by atoms with E-state index in [9.17, 15) is 30.0 Å². The Kier molecular flexibility index (Phi) is 3.68. The van der Waals surface area contributed by atoms with E-state index < -0.39 is 31.8 Å². The Labute approximate surface area is 122 Å². The van der Waals surface area contributed by atoms with Gasteiger partial charge in [0.25, 0.3) is 0 Å². The zero-order chi connectivity index (χ0) is 16.8. The van der Waals surface area contributed by atoms with E-state index in [-0.39, 0.29) is 3.97 Å². The van der Waals surface area contributed by atoms with Crippen LogP contribution in [-0.4, -0.2) is 35.3 Å². The Balaban J connectivity index is 2.56. The predicted octanol–water partition coefficient (Wildman–Crippen LogP) is -0.621. The van der Waals surface area contributed by atoms with Crippen LogP contribution in [0.4, 0.5) is 13.2 Å². The van der Waals surface area contributed by atoms with Gasteiger partial charge in [-0.05, 0) is 0 Å². The summed E-state index contributed by atoms with van der Waals surface area (Å²) in [5.41, 5.74) is -5.70. The molecular formula is C8H8F3N4O5S2+. The van der Waals surface area contributed by atoms with E-state index in [1.54, 1.807) is 0 Å². The molecule has 122 valence electrons. The molecule has 0 saturated carbocycles. The zero-order valence-corrected chi connectivity index (χ0v) is 12.3. The molecule has 22 heavy (non-hydrogen) atoms. The number of imidazole rings is 2. The molecule has 2 heterocycles. The molecule has 0 atom stereocenters. The fourth-order valence-electron chi connectivity index (χ4n) is 1.34. The second-order valence-corrected chi connectivity index (χ2v) is 7.12. The van der Waals surface area contributed by atoms with E-state index in [2.05, 4.69) is 9.17 Å². The summed E-state index contributed by atoms with van der Waals surface area (Å²) >= 11 is 0. The summed E-state index contributed by atoms with van der Waals surface area (Å²) in [4.78, 5) is 3.49. The van der Waals surface area contributed by atoms with Crippen LogP contribution in [0.5, 0.6) is 6.01 Å². The highest BCUT2D eigenvalue weighted by molar-refractivity contribution is 7.89. The summed E-state index contributed by atoms with van der Waals surface area (Å²) in [7, 11) is -9.34. The van der Waals surface area contributed by atoms with Gasteiger partial charge in [0.15, 0.2) is 6.20 Å². The highest BCUT2D eigenvalue weighted by Gasteiger charge is 2.51. The SMILES string of the molecule is C[n+]1ccn(S(=O)(=O)n2ccnc2)c1OS(=O)(=O)C(F)(F)F. The maximum absolute atomic E-state index is 12.4. The van der Waals surface area contributed by atoms with Gasteiger partial charge < -0.3 is 4.18 Å². The second-order valence-electron chi connectivity index (χ2n) is 3.87. The average molecular weight is 361 g/mol. The minimum absolute atomic E-state index is 0.234. The number of rotatable bonds is 4. The zero-order valence-electron chi connectivity index (χ0n) is 10.7.